The van der Waals surface area contributed by atoms with Crippen molar-refractivity contribution in [2.45, 2.75) is 39.7 Å². The topological polar surface area (TPSA) is 64.6 Å². The Balaban J connectivity index is 4.26. The van der Waals surface area contributed by atoms with Gasteiger partial charge in [0.1, 0.15) is 6.04 Å². The molecule has 7 heteroatoms. The third-order valence-corrected chi connectivity index (χ3v) is 3.55. The van der Waals surface area contributed by atoms with Crippen LogP contribution in [0.15, 0.2) is 0 Å². The Kier molecular flexibility index (Phi) is 8.39. The summed E-state index contributed by atoms with van der Waals surface area (Å²) in [5.41, 5.74) is 0. The summed E-state index contributed by atoms with van der Waals surface area (Å²) >= 11 is 0. The lowest BCUT2D eigenvalue weighted by atomic mass is 10.4. The number of halogens is 1. The number of rotatable bonds is 9. The van der Waals surface area contributed by atoms with E-state index >= 15 is 0 Å². The third kappa shape index (κ3) is 6.76. The van der Waals surface area contributed by atoms with E-state index in [4.69, 9.17) is 9.26 Å². The van der Waals surface area contributed by atoms with Crippen molar-refractivity contribution in [1.82, 2.24) is 5.09 Å². The van der Waals surface area contributed by atoms with E-state index in [-0.39, 0.29) is 6.61 Å². The van der Waals surface area contributed by atoms with Crippen LogP contribution < -0.4 is 5.09 Å². The number of carbonyl (C=O) groups excluding carboxylic acids is 1. The van der Waals surface area contributed by atoms with Crippen LogP contribution in [0.4, 0.5) is 4.39 Å². The maximum atomic E-state index is 12.6. The van der Waals surface area contributed by atoms with Gasteiger partial charge in [0.05, 0.1) is 13.2 Å². The van der Waals surface area contributed by atoms with Crippen LogP contribution in [0.1, 0.15) is 33.6 Å². The first-order chi connectivity index (χ1) is 7.99. The highest BCUT2D eigenvalue weighted by molar-refractivity contribution is 7.56. The molecule has 0 bridgehead atoms. The van der Waals surface area contributed by atoms with E-state index < -0.39 is 25.9 Å². The molecule has 0 spiro atoms. The van der Waals surface area contributed by atoms with E-state index in [1.165, 1.54) is 6.92 Å². The Morgan fingerprint density at radius 1 is 1.35 bits per heavy atom. The molecule has 0 aromatic rings. The Bertz CT molecular complexity index is 275. The van der Waals surface area contributed by atoms with E-state index in [2.05, 4.69) is 5.09 Å². The molecule has 0 fully saturated rings. The van der Waals surface area contributed by atoms with Crippen LogP contribution in [0.3, 0.4) is 0 Å². The number of carbonyl (C=O) groups is 1. The molecule has 102 valence electrons. The van der Waals surface area contributed by atoms with Crippen LogP contribution in [0.25, 0.3) is 0 Å². The van der Waals surface area contributed by atoms with Crippen molar-refractivity contribution in [3.8, 4) is 0 Å². The summed E-state index contributed by atoms with van der Waals surface area (Å²) in [6, 6.07) is -0.847. The molecule has 1 unspecified atom stereocenters. The maximum absolute atomic E-state index is 12.6. The Labute approximate surface area is 102 Å². The molecule has 1 N–H and O–H groups in total. The lowest BCUT2D eigenvalue weighted by Gasteiger charge is -2.20. The highest BCUT2D eigenvalue weighted by atomic mass is 31.2. The average Bonchev–Trinajstić information content (AvgIpc) is 2.33. The van der Waals surface area contributed by atoms with E-state index in [0.29, 0.717) is 19.4 Å². The van der Waals surface area contributed by atoms with Gasteiger partial charge in [-0.2, -0.15) is 0 Å². The van der Waals surface area contributed by atoms with Gasteiger partial charge in [0.15, 0.2) is 6.42 Å². The lowest BCUT2D eigenvalue weighted by molar-refractivity contribution is -0.145. The number of nitrogens with one attached hydrogen (secondary N) is 1. The molecule has 2 atom stereocenters. The van der Waals surface area contributed by atoms with Crippen molar-refractivity contribution >= 4 is 13.5 Å². The van der Waals surface area contributed by atoms with Crippen LogP contribution in [0.5, 0.6) is 0 Å². The van der Waals surface area contributed by atoms with E-state index in [0.717, 1.165) is 0 Å². The first kappa shape index (κ1) is 16.6. The Hall–Kier alpha value is -0.450. The standard InChI is InChI=1S/C10H21FNO4P/c1-4-6-15-10(13)9(3)12-17(14,8-11)16-7-5-2/h9H,4-8H2,1-3H3,(H,12,14)/t9-,17?/m0/s1. The van der Waals surface area contributed by atoms with Crippen molar-refractivity contribution in [3.63, 3.8) is 0 Å². The molecule has 0 aliphatic heterocycles. The fraction of sp³-hybridized carbons (Fsp3) is 0.900. The van der Waals surface area contributed by atoms with Gasteiger partial charge in [-0.25, -0.2) is 9.48 Å². The van der Waals surface area contributed by atoms with Crippen molar-refractivity contribution < 1.29 is 23.0 Å². The zero-order chi connectivity index (χ0) is 13.3. The third-order valence-electron chi connectivity index (χ3n) is 1.85. The average molecular weight is 269 g/mol. The van der Waals surface area contributed by atoms with Crippen LogP contribution >= 0.6 is 7.52 Å². The first-order valence-corrected chi connectivity index (χ1v) is 7.54. The number of esters is 1. The molecule has 0 aliphatic rings. The molecule has 17 heavy (non-hydrogen) atoms. The summed E-state index contributed by atoms with van der Waals surface area (Å²) in [5.74, 6) is -0.555. The summed E-state index contributed by atoms with van der Waals surface area (Å²) in [5, 5.41) is 2.37. The zero-order valence-corrected chi connectivity index (χ0v) is 11.5. The van der Waals surface area contributed by atoms with Gasteiger partial charge >= 0.3 is 13.5 Å². The lowest BCUT2D eigenvalue weighted by Crippen LogP contribution is -2.34. The quantitative estimate of drug-likeness (QED) is 0.514. The van der Waals surface area contributed by atoms with Gasteiger partial charge in [-0.1, -0.05) is 13.8 Å². The first-order valence-electron chi connectivity index (χ1n) is 5.73. The molecule has 0 aromatic heterocycles. The van der Waals surface area contributed by atoms with Gasteiger partial charge in [-0.05, 0) is 19.8 Å². The number of hydrogen-bond acceptors (Lipinski definition) is 4. The summed E-state index contributed by atoms with van der Waals surface area (Å²) < 4.78 is 34.2. The summed E-state index contributed by atoms with van der Waals surface area (Å²) in [6.45, 7) is 5.63. The minimum atomic E-state index is -3.58. The summed E-state index contributed by atoms with van der Waals surface area (Å²) in [6.07, 6.45) is 0.185. The molecule has 5 nitrogen and oxygen atoms in total. The zero-order valence-electron chi connectivity index (χ0n) is 10.6. The van der Waals surface area contributed by atoms with Crippen LogP contribution in [-0.4, -0.2) is 31.6 Å². The predicted molar refractivity (Wildman–Crippen MR) is 63.7 cm³/mol. The van der Waals surface area contributed by atoms with Crippen molar-refractivity contribution in [2.24, 2.45) is 0 Å². The number of alkyl halides is 1. The van der Waals surface area contributed by atoms with Crippen molar-refractivity contribution in [1.29, 1.82) is 0 Å². The van der Waals surface area contributed by atoms with Gasteiger partial charge in [0.2, 0.25) is 0 Å². The smallest absolute Gasteiger partial charge is 0.323 e. The van der Waals surface area contributed by atoms with Gasteiger partial charge in [-0.15, -0.1) is 0 Å². The summed E-state index contributed by atoms with van der Waals surface area (Å²) in [4.78, 5) is 11.4. The molecule has 0 amide bonds. The Morgan fingerprint density at radius 3 is 2.41 bits per heavy atom. The SMILES string of the molecule is CCCOC(=O)[C@H](C)NP(=O)(CF)OCCC. The molecule has 0 rings (SSSR count). The van der Waals surface area contributed by atoms with Crippen molar-refractivity contribution in [2.75, 3.05) is 19.6 Å². The molecule has 0 saturated heterocycles. The number of hydrogen-bond donors (Lipinski definition) is 1. The van der Waals surface area contributed by atoms with Crippen LogP contribution in [-0.2, 0) is 18.6 Å². The minimum absolute atomic E-state index is 0.185. The largest absolute Gasteiger partial charge is 0.465 e. The van der Waals surface area contributed by atoms with Crippen LogP contribution in [0.2, 0.25) is 0 Å². The van der Waals surface area contributed by atoms with Gasteiger partial charge in [-0.3, -0.25) is 9.36 Å². The molecule has 0 heterocycles. The summed E-state index contributed by atoms with van der Waals surface area (Å²) in [7, 11) is -3.58. The maximum Gasteiger partial charge on any atom is 0.323 e. The second kappa shape index (κ2) is 8.61. The van der Waals surface area contributed by atoms with Gasteiger partial charge in [0, 0.05) is 0 Å². The molecule has 0 radical (unpaired) electrons. The normalized spacial score (nSPS) is 16.2. The molecule has 0 aliphatic carbocycles. The predicted octanol–water partition coefficient (Wildman–Crippen LogP) is 2.46. The fourth-order valence-electron chi connectivity index (χ4n) is 1.02. The number of ether oxygens (including phenoxy) is 1. The monoisotopic (exact) mass is 269 g/mol. The van der Waals surface area contributed by atoms with E-state index in [9.17, 15) is 13.8 Å². The fourth-order valence-corrected chi connectivity index (χ4v) is 2.41. The minimum Gasteiger partial charge on any atom is -0.465 e. The molecular weight excluding hydrogens is 248 g/mol. The van der Waals surface area contributed by atoms with Crippen molar-refractivity contribution in [3.05, 3.63) is 0 Å². The molecule has 0 aromatic carbocycles. The highest BCUT2D eigenvalue weighted by Gasteiger charge is 2.28. The van der Waals surface area contributed by atoms with Gasteiger partial charge in [0.25, 0.3) is 0 Å². The van der Waals surface area contributed by atoms with E-state index in [1.54, 1.807) is 0 Å². The molecule has 0 saturated carbocycles. The van der Waals surface area contributed by atoms with Gasteiger partial charge < -0.3 is 9.26 Å². The highest BCUT2D eigenvalue weighted by Crippen LogP contribution is 2.43. The van der Waals surface area contributed by atoms with E-state index in [1.807, 2.05) is 13.8 Å². The second-order valence-corrected chi connectivity index (χ2v) is 5.75. The molecular formula is C10H21FNO4P. The Morgan fingerprint density at radius 2 is 1.94 bits per heavy atom. The van der Waals surface area contributed by atoms with Crippen LogP contribution in [0, 0.1) is 0 Å². The second-order valence-electron chi connectivity index (χ2n) is 3.64.